The molecular formula is C23H37N. The highest BCUT2D eigenvalue weighted by Crippen LogP contribution is 2.44. The lowest BCUT2D eigenvalue weighted by Crippen LogP contribution is -2.39. The van der Waals surface area contributed by atoms with Gasteiger partial charge in [-0.3, -0.25) is 0 Å². The van der Waals surface area contributed by atoms with E-state index in [0.717, 1.165) is 0 Å². The second-order valence-corrected chi connectivity index (χ2v) is 8.63. The monoisotopic (exact) mass is 327 g/mol. The van der Waals surface area contributed by atoms with Crippen molar-refractivity contribution < 1.29 is 0 Å². The molecule has 1 aromatic carbocycles. The Hall–Kier alpha value is -1.24. The van der Waals surface area contributed by atoms with Crippen LogP contribution in [0.15, 0.2) is 12.1 Å². The second kappa shape index (κ2) is 6.94. The van der Waals surface area contributed by atoms with Crippen molar-refractivity contribution in [2.24, 2.45) is 17.8 Å². The summed E-state index contributed by atoms with van der Waals surface area (Å²) in [6.07, 6.45) is 2.57. The van der Waals surface area contributed by atoms with E-state index in [4.69, 9.17) is 0 Å². The first-order valence-electron chi connectivity index (χ1n) is 9.66. The zero-order valence-corrected chi connectivity index (χ0v) is 17.5. The number of allylic oxidation sites excluding steroid dienone is 2. The molecule has 0 N–H and O–H groups in total. The molecular weight excluding hydrogens is 290 g/mol. The maximum atomic E-state index is 2.57. The third kappa shape index (κ3) is 3.15. The minimum atomic E-state index is 0.532. The van der Waals surface area contributed by atoms with E-state index in [2.05, 4.69) is 86.4 Å². The molecule has 134 valence electrons. The third-order valence-corrected chi connectivity index (χ3v) is 6.37. The summed E-state index contributed by atoms with van der Waals surface area (Å²) in [5.41, 5.74) is 8.88. The van der Waals surface area contributed by atoms with E-state index in [9.17, 15) is 0 Å². The van der Waals surface area contributed by atoms with E-state index in [-0.39, 0.29) is 0 Å². The average molecular weight is 328 g/mol. The molecule has 24 heavy (non-hydrogen) atoms. The lowest BCUT2D eigenvalue weighted by Gasteiger charge is -2.40. The summed E-state index contributed by atoms with van der Waals surface area (Å²) in [5, 5.41) is 0. The molecule has 3 atom stereocenters. The molecule has 0 spiro atoms. The number of hydrogen-bond donors (Lipinski definition) is 0. The Morgan fingerprint density at radius 1 is 0.958 bits per heavy atom. The van der Waals surface area contributed by atoms with Crippen LogP contribution in [0.2, 0.25) is 0 Å². The van der Waals surface area contributed by atoms with Crippen LogP contribution in [0.4, 0.5) is 5.69 Å². The van der Waals surface area contributed by atoms with Crippen molar-refractivity contribution in [1.29, 1.82) is 0 Å². The van der Waals surface area contributed by atoms with E-state index in [1.54, 1.807) is 0 Å². The van der Waals surface area contributed by atoms with Crippen molar-refractivity contribution in [3.05, 3.63) is 34.4 Å². The topological polar surface area (TPSA) is 3.24 Å². The number of benzene rings is 1. The Labute approximate surface area is 150 Å². The minimum Gasteiger partial charge on any atom is -0.371 e. The van der Waals surface area contributed by atoms with Crippen LogP contribution in [0, 0.1) is 31.6 Å². The number of aryl methyl sites for hydroxylation is 1. The van der Waals surface area contributed by atoms with Gasteiger partial charge in [0, 0.05) is 24.3 Å². The Kier molecular flexibility index (Phi) is 5.52. The highest BCUT2D eigenvalue weighted by Gasteiger charge is 2.31. The van der Waals surface area contributed by atoms with Gasteiger partial charge in [0.15, 0.2) is 0 Å². The molecule has 0 unspecified atom stereocenters. The van der Waals surface area contributed by atoms with Crippen molar-refractivity contribution in [3.8, 4) is 0 Å². The normalized spacial score (nSPS) is 26.9. The Morgan fingerprint density at radius 3 is 2.04 bits per heavy atom. The Bertz CT molecular complexity index is 636. The van der Waals surface area contributed by atoms with Gasteiger partial charge in [0.1, 0.15) is 0 Å². The van der Waals surface area contributed by atoms with Crippen LogP contribution in [-0.4, -0.2) is 13.1 Å². The zero-order valence-electron chi connectivity index (χ0n) is 17.5. The molecule has 0 bridgehead atoms. The summed E-state index contributed by atoms with van der Waals surface area (Å²) < 4.78 is 0. The maximum Gasteiger partial charge on any atom is 0.0477 e. The molecule has 0 saturated heterocycles. The summed E-state index contributed by atoms with van der Waals surface area (Å²) >= 11 is 0. The molecule has 0 fully saturated rings. The largest absolute Gasteiger partial charge is 0.371 e. The van der Waals surface area contributed by atoms with Gasteiger partial charge in [-0.2, -0.15) is 0 Å². The molecule has 0 aromatic heterocycles. The molecule has 1 aliphatic heterocycles. The van der Waals surface area contributed by atoms with Gasteiger partial charge in [-0.1, -0.05) is 53.7 Å². The van der Waals surface area contributed by atoms with E-state index in [1.807, 2.05) is 0 Å². The van der Waals surface area contributed by atoms with Crippen LogP contribution in [-0.2, 0) is 0 Å². The molecule has 1 nitrogen and oxygen atoms in total. The first-order valence-corrected chi connectivity index (χ1v) is 9.66. The standard InChI is InChI=1S/C23H37N/c1-13(2)20-11-15(5)17(7)19(9)24(10)23-18(8)16(6)12-21(14(3)4)22(20)23/h11-15,17,19H,1-10H3/b20-11-/t15-,17-,19-/m1/s1. The van der Waals surface area contributed by atoms with E-state index in [0.29, 0.717) is 29.7 Å². The smallest absolute Gasteiger partial charge is 0.0477 e. The minimum absolute atomic E-state index is 0.532. The number of anilines is 1. The van der Waals surface area contributed by atoms with Crippen LogP contribution >= 0.6 is 0 Å². The van der Waals surface area contributed by atoms with Crippen LogP contribution in [0.1, 0.15) is 76.6 Å². The molecule has 0 aliphatic carbocycles. The lowest BCUT2D eigenvalue weighted by atomic mass is 9.77. The Morgan fingerprint density at radius 2 is 1.54 bits per heavy atom. The zero-order chi connectivity index (χ0) is 18.3. The van der Waals surface area contributed by atoms with Gasteiger partial charge in [-0.05, 0) is 66.7 Å². The predicted octanol–water partition coefficient (Wildman–Crippen LogP) is 6.58. The van der Waals surface area contributed by atoms with Crippen molar-refractivity contribution in [2.45, 2.75) is 74.3 Å². The van der Waals surface area contributed by atoms with Crippen molar-refractivity contribution in [3.63, 3.8) is 0 Å². The van der Waals surface area contributed by atoms with Gasteiger partial charge in [-0.15, -0.1) is 0 Å². The van der Waals surface area contributed by atoms with Crippen molar-refractivity contribution in [1.82, 2.24) is 0 Å². The summed E-state index contributed by atoms with van der Waals surface area (Å²) in [5.74, 6) is 2.31. The van der Waals surface area contributed by atoms with Crippen LogP contribution in [0.5, 0.6) is 0 Å². The molecule has 1 aromatic rings. The van der Waals surface area contributed by atoms with Gasteiger partial charge >= 0.3 is 0 Å². The summed E-state index contributed by atoms with van der Waals surface area (Å²) in [4.78, 5) is 2.56. The number of hydrogen-bond acceptors (Lipinski definition) is 1. The summed E-state index contributed by atoms with van der Waals surface area (Å²) in [7, 11) is 2.30. The van der Waals surface area contributed by atoms with Crippen molar-refractivity contribution in [2.75, 3.05) is 11.9 Å². The highest BCUT2D eigenvalue weighted by atomic mass is 15.1. The highest BCUT2D eigenvalue weighted by molar-refractivity contribution is 5.84. The Balaban J connectivity index is 2.93. The molecule has 1 heterocycles. The van der Waals surface area contributed by atoms with E-state index in [1.165, 1.54) is 33.5 Å². The molecule has 0 radical (unpaired) electrons. The second-order valence-electron chi connectivity index (χ2n) is 8.63. The molecule has 2 rings (SSSR count). The molecule has 1 aliphatic rings. The summed E-state index contributed by atoms with van der Waals surface area (Å²) in [6.45, 7) is 21.1. The van der Waals surface area contributed by atoms with E-state index < -0.39 is 0 Å². The van der Waals surface area contributed by atoms with Crippen LogP contribution in [0.25, 0.3) is 5.57 Å². The van der Waals surface area contributed by atoms with E-state index >= 15 is 0 Å². The molecule has 0 saturated carbocycles. The quantitative estimate of drug-likeness (QED) is 0.593. The first kappa shape index (κ1) is 19.1. The number of nitrogens with zero attached hydrogens (tertiary/aromatic N) is 1. The fraction of sp³-hybridized carbons (Fsp3) is 0.652. The van der Waals surface area contributed by atoms with Gasteiger partial charge in [0.05, 0.1) is 0 Å². The SMILES string of the molecule is Cc1cc(C(C)C)c2c(c1C)N(C)[C@H](C)[C@H](C)[C@H](C)/C=C\2C(C)C. The lowest BCUT2D eigenvalue weighted by molar-refractivity contribution is 0.380. The summed E-state index contributed by atoms with van der Waals surface area (Å²) in [6, 6.07) is 2.97. The third-order valence-electron chi connectivity index (χ3n) is 6.37. The number of rotatable bonds is 2. The fourth-order valence-electron chi connectivity index (χ4n) is 4.12. The van der Waals surface area contributed by atoms with Crippen LogP contribution in [0.3, 0.4) is 0 Å². The van der Waals surface area contributed by atoms with Gasteiger partial charge in [0.25, 0.3) is 0 Å². The van der Waals surface area contributed by atoms with Gasteiger partial charge < -0.3 is 4.90 Å². The fourth-order valence-corrected chi connectivity index (χ4v) is 4.12. The van der Waals surface area contributed by atoms with Crippen LogP contribution < -0.4 is 4.90 Å². The van der Waals surface area contributed by atoms with Gasteiger partial charge in [0.2, 0.25) is 0 Å². The molecule has 0 amide bonds. The average Bonchev–Trinajstić information content (AvgIpc) is 2.51. The number of fused-ring (bicyclic) bond motifs is 1. The maximum absolute atomic E-state index is 2.57. The first-order chi connectivity index (χ1) is 11.1. The molecule has 1 heteroatoms. The predicted molar refractivity (Wildman–Crippen MR) is 109 cm³/mol. The van der Waals surface area contributed by atoms with Gasteiger partial charge in [-0.25, -0.2) is 0 Å². The van der Waals surface area contributed by atoms with Crippen molar-refractivity contribution >= 4 is 11.3 Å².